The van der Waals surface area contributed by atoms with Crippen molar-refractivity contribution in [1.82, 2.24) is 9.97 Å². The molecule has 0 atom stereocenters. The average Bonchev–Trinajstić information content (AvgIpc) is 3.07. The lowest BCUT2D eigenvalue weighted by Crippen LogP contribution is -2.12. The number of nitrogens with one attached hydrogen (secondary N) is 2. The average molecular weight is 645 g/mol. The van der Waals surface area contributed by atoms with Crippen LogP contribution in [0, 0.1) is 6.92 Å². The van der Waals surface area contributed by atoms with Crippen molar-refractivity contribution in [2.75, 3.05) is 39.0 Å². The third-order valence-electron chi connectivity index (χ3n) is 6.74. The lowest BCUT2D eigenvalue weighted by molar-refractivity contribution is 0.0696. The van der Waals surface area contributed by atoms with Gasteiger partial charge < -0.3 is 25.2 Å². The van der Waals surface area contributed by atoms with E-state index in [1.807, 2.05) is 25.1 Å². The van der Waals surface area contributed by atoms with Gasteiger partial charge in [0.15, 0.2) is 11.5 Å². The number of carbonyl (C=O) groups excluding carboxylic acids is 1. The van der Waals surface area contributed by atoms with Gasteiger partial charge in [-0.05, 0) is 61.5 Å². The van der Waals surface area contributed by atoms with E-state index in [-0.39, 0.29) is 16.4 Å². The van der Waals surface area contributed by atoms with Crippen LogP contribution in [0.3, 0.4) is 0 Å². The minimum absolute atomic E-state index is 0.113. The number of nitrogens with zero attached hydrogens (tertiary/aromatic N) is 2. The first-order chi connectivity index (χ1) is 22.0. The summed E-state index contributed by atoms with van der Waals surface area (Å²) in [6.45, 7) is 1.89. The molecule has 0 spiro atoms. The Hall–Kier alpha value is -5.53. The maximum absolute atomic E-state index is 12.7. The molecule has 0 saturated heterocycles. The highest BCUT2D eigenvalue weighted by molar-refractivity contribution is 7.86. The first kappa shape index (κ1) is 33.4. The molecule has 1 aromatic heterocycles. The first-order valence-electron chi connectivity index (χ1n) is 13.7. The lowest BCUT2D eigenvalue weighted by atomic mass is 10.0. The largest absolute Gasteiger partial charge is 0.493 e. The smallest absolute Gasteiger partial charge is 0.335 e. The topological polar surface area (TPSA) is 166 Å². The Morgan fingerprint density at radius 2 is 1.43 bits per heavy atom. The van der Waals surface area contributed by atoms with Gasteiger partial charge in [0.2, 0.25) is 5.95 Å². The normalized spacial score (nSPS) is 10.8. The molecular formula is C33H32N4O8S. The second-order valence-corrected chi connectivity index (χ2v) is 11.4. The summed E-state index contributed by atoms with van der Waals surface area (Å²) in [5, 5.41) is 15.6. The number of carbonyl (C=O) groups is 2. The van der Waals surface area contributed by atoms with E-state index in [1.54, 1.807) is 51.6 Å². The molecule has 0 aliphatic carbocycles. The molecule has 5 aromatic rings. The molecule has 0 unspecified atom stereocenters. The van der Waals surface area contributed by atoms with Crippen LogP contribution in [0.15, 0.2) is 89.8 Å². The minimum atomic E-state index is -3.51. The van der Waals surface area contributed by atoms with E-state index in [2.05, 4.69) is 24.8 Å². The molecule has 0 saturated carbocycles. The van der Waals surface area contributed by atoms with Crippen LogP contribution >= 0.6 is 0 Å². The van der Waals surface area contributed by atoms with Crippen LogP contribution in [0.25, 0.3) is 22.2 Å². The zero-order valence-corrected chi connectivity index (χ0v) is 26.5. The minimum Gasteiger partial charge on any atom is -0.493 e. The molecule has 0 aliphatic heterocycles. The standard InChI is InChI=1S/C25H22N4O5.C8H10O3S/c1-26-25-28-19-13-21(34-3)20(33-2)12-18(19)22(29-25)16-5-4-6-17(11-16)27-23(30)14-7-9-15(10-8-14)24(31)32;1-7-3-5-8(6-4-7)12(9,10)11-2/h4-13H,1-3H3,(H,27,30)(H,31,32)(H,26,28,29);3-6H,1-2H3. The Bertz CT molecular complexity index is 1980. The molecule has 4 aromatic carbocycles. The van der Waals surface area contributed by atoms with Crippen molar-refractivity contribution < 1.29 is 36.8 Å². The van der Waals surface area contributed by atoms with Crippen molar-refractivity contribution in [2.24, 2.45) is 0 Å². The molecule has 238 valence electrons. The molecule has 3 N–H and O–H groups in total. The van der Waals surface area contributed by atoms with E-state index < -0.39 is 16.1 Å². The van der Waals surface area contributed by atoms with Gasteiger partial charge in [-0.1, -0.05) is 29.8 Å². The van der Waals surface area contributed by atoms with Crippen LogP contribution in [-0.4, -0.2) is 63.7 Å². The van der Waals surface area contributed by atoms with Crippen molar-refractivity contribution in [2.45, 2.75) is 11.8 Å². The SMILES string of the molecule is CNc1nc(-c2cccc(NC(=O)c3ccc(C(=O)O)cc3)c2)c2cc(OC)c(OC)cc2n1.COS(=O)(=O)c1ccc(C)cc1. The Balaban J connectivity index is 0.000000337. The number of fused-ring (bicyclic) bond motifs is 1. The summed E-state index contributed by atoms with van der Waals surface area (Å²) in [5.41, 5.74) is 4.11. The summed E-state index contributed by atoms with van der Waals surface area (Å²) in [6, 6.07) is 23.1. The molecule has 0 bridgehead atoms. The Kier molecular flexibility index (Phi) is 10.5. The molecule has 1 heterocycles. The highest BCUT2D eigenvalue weighted by Gasteiger charge is 2.16. The second kappa shape index (κ2) is 14.5. The number of aryl methyl sites for hydroxylation is 1. The van der Waals surface area contributed by atoms with Crippen molar-refractivity contribution in [3.63, 3.8) is 0 Å². The number of anilines is 2. The van der Waals surface area contributed by atoms with Gasteiger partial charge in [0.05, 0.1) is 43.0 Å². The summed E-state index contributed by atoms with van der Waals surface area (Å²) in [6.07, 6.45) is 0. The van der Waals surface area contributed by atoms with E-state index in [0.29, 0.717) is 39.9 Å². The fourth-order valence-electron chi connectivity index (χ4n) is 4.30. The quantitative estimate of drug-likeness (QED) is 0.170. The fourth-order valence-corrected chi connectivity index (χ4v) is 4.96. The van der Waals surface area contributed by atoms with Crippen LogP contribution in [0.1, 0.15) is 26.3 Å². The van der Waals surface area contributed by atoms with Crippen molar-refractivity contribution in [1.29, 1.82) is 0 Å². The molecule has 5 rings (SSSR count). The highest BCUT2D eigenvalue weighted by atomic mass is 32.2. The Labute approximate surface area is 266 Å². The van der Waals surface area contributed by atoms with E-state index in [0.717, 1.165) is 23.6 Å². The molecule has 1 amide bonds. The highest BCUT2D eigenvalue weighted by Crippen LogP contribution is 2.36. The predicted molar refractivity (Wildman–Crippen MR) is 174 cm³/mol. The van der Waals surface area contributed by atoms with Gasteiger partial charge in [0.25, 0.3) is 16.0 Å². The fraction of sp³-hybridized carbons (Fsp3) is 0.152. The monoisotopic (exact) mass is 644 g/mol. The van der Waals surface area contributed by atoms with Gasteiger partial charge in [-0.15, -0.1) is 0 Å². The lowest BCUT2D eigenvalue weighted by Gasteiger charge is -2.13. The predicted octanol–water partition coefficient (Wildman–Crippen LogP) is 5.64. The second-order valence-electron chi connectivity index (χ2n) is 9.72. The number of rotatable bonds is 9. The van der Waals surface area contributed by atoms with E-state index in [4.69, 9.17) is 14.6 Å². The van der Waals surface area contributed by atoms with Crippen LogP contribution in [0.5, 0.6) is 11.5 Å². The van der Waals surface area contributed by atoms with Crippen molar-refractivity contribution >= 4 is 44.5 Å². The van der Waals surface area contributed by atoms with Gasteiger partial charge in [0, 0.05) is 35.3 Å². The molecule has 0 aliphatic rings. The van der Waals surface area contributed by atoms with E-state index in [1.165, 1.54) is 36.4 Å². The van der Waals surface area contributed by atoms with Crippen LogP contribution in [0.2, 0.25) is 0 Å². The molecule has 12 nitrogen and oxygen atoms in total. The van der Waals surface area contributed by atoms with Crippen LogP contribution in [-0.2, 0) is 14.3 Å². The molecular weight excluding hydrogens is 612 g/mol. The summed E-state index contributed by atoms with van der Waals surface area (Å²) in [4.78, 5) is 33.1. The summed E-state index contributed by atoms with van der Waals surface area (Å²) in [5.74, 6) is 0.126. The third-order valence-corrected chi connectivity index (χ3v) is 8.03. The maximum atomic E-state index is 12.7. The number of methoxy groups -OCH3 is 2. The number of aromatic carboxylic acids is 1. The summed E-state index contributed by atoms with van der Waals surface area (Å²) < 4.78 is 37.4. The number of aromatic nitrogens is 2. The van der Waals surface area contributed by atoms with Gasteiger partial charge in [-0.2, -0.15) is 8.42 Å². The summed E-state index contributed by atoms with van der Waals surface area (Å²) in [7, 11) is 2.49. The number of carboxylic acids is 1. The van der Waals surface area contributed by atoms with Crippen LogP contribution in [0.4, 0.5) is 11.6 Å². The van der Waals surface area contributed by atoms with Gasteiger partial charge in [-0.25, -0.2) is 14.8 Å². The number of hydrogen-bond donors (Lipinski definition) is 3. The number of hydrogen-bond acceptors (Lipinski definition) is 10. The summed E-state index contributed by atoms with van der Waals surface area (Å²) >= 11 is 0. The first-order valence-corrected chi connectivity index (χ1v) is 15.1. The third kappa shape index (κ3) is 7.75. The Morgan fingerprint density at radius 3 is 2.02 bits per heavy atom. The number of amides is 1. The Morgan fingerprint density at radius 1 is 0.804 bits per heavy atom. The van der Waals surface area contributed by atoms with Gasteiger partial charge >= 0.3 is 5.97 Å². The van der Waals surface area contributed by atoms with Gasteiger partial charge in [-0.3, -0.25) is 8.98 Å². The molecule has 0 radical (unpaired) electrons. The molecule has 46 heavy (non-hydrogen) atoms. The van der Waals surface area contributed by atoms with E-state index in [9.17, 15) is 18.0 Å². The van der Waals surface area contributed by atoms with Crippen LogP contribution < -0.4 is 20.1 Å². The van der Waals surface area contributed by atoms with Crippen molar-refractivity contribution in [3.05, 3.63) is 102 Å². The number of benzene rings is 4. The molecule has 0 fully saturated rings. The molecule has 13 heteroatoms. The number of carboxylic acid groups (broad SMARTS) is 1. The maximum Gasteiger partial charge on any atom is 0.335 e. The van der Waals surface area contributed by atoms with E-state index >= 15 is 0 Å². The zero-order valence-electron chi connectivity index (χ0n) is 25.7. The number of ether oxygens (including phenoxy) is 2. The van der Waals surface area contributed by atoms with Crippen molar-refractivity contribution in [3.8, 4) is 22.8 Å². The zero-order chi connectivity index (χ0) is 33.4. The van der Waals surface area contributed by atoms with Gasteiger partial charge in [0.1, 0.15) is 0 Å².